The van der Waals surface area contributed by atoms with E-state index in [1.807, 2.05) is 30.3 Å². The number of benzene rings is 1. The van der Waals surface area contributed by atoms with Gasteiger partial charge in [0.15, 0.2) is 0 Å². The average molecular weight is 236 g/mol. The third kappa shape index (κ3) is 1.45. The topological polar surface area (TPSA) is 33.0 Å². The second kappa shape index (κ2) is 3.23. The molecule has 0 aromatic heterocycles. The molecule has 3 heteroatoms. The summed E-state index contributed by atoms with van der Waals surface area (Å²) in [4.78, 5) is 0. The van der Waals surface area contributed by atoms with Gasteiger partial charge in [-0.2, -0.15) is 5.26 Å². The van der Waals surface area contributed by atoms with Crippen molar-refractivity contribution in [2.24, 2.45) is 0 Å². The fourth-order valence-corrected chi connectivity index (χ4v) is 1.65. The van der Waals surface area contributed by atoms with E-state index in [-0.39, 0.29) is 0 Å². The molecule has 0 aliphatic carbocycles. The lowest BCUT2D eigenvalue weighted by Gasteiger charge is -2.18. The summed E-state index contributed by atoms with van der Waals surface area (Å²) in [7, 11) is 0. The SMILES string of the molecule is N#CC1Oc2ccccc2C=C1Br. The smallest absolute Gasteiger partial charge is 0.215 e. The van der Waals surface area contributed by atoms with E-state index < -0.39 is 6.10 Å². The number of fused-ring (bicyclic) bond motifs is 1. The van der Waals surface area contributed by atoms with Crippen molar-refractivity contribution in [3.8, 4) is 11.8 Å². The molecule has 1 aliphatic rings. The number of halogens is 1. The van der Waals surface area contributed by atoms with Gasteiger partial charge < -0.3 is 4.74 Å². The molecule has 1 aromatic carbocycles. The lowest BCUT2D eigenvalue weighted by Crippen LogP contribution is -2.17. The Morgan fingerprint density at radius 1 is 1.38 bits per heavy atom. The summed E-state index contributed by atoms with van der Waals surface area (Å²) >= 11 is 3.30. The maximum absolute atomic E-state index is 8.74. The van der Waals surface area contributed by atoms with E-state index in [9.17, 15) is 0 Å². The summed E-state index contributed by atoms with van der Waals surface area (Å²) in [6, 6.07) is 9.69. The average Bonchev–Trinajstić information content (AvgIpc) is 2.17. The van der Waals surface area contributed by atoms with Gasteiger partial charge in [0, 0.05) is 5.56 Å². The van der Waals surface area contributed by atoms with Gasteiger partial charge in [-0.15, -0.1) is 0 Å². The molecular formula is C10H6BrNO. The molecule has 1 aliphatic heterocycles. The minimum atomic E-state index is -0.505. The first-order chi connectivity index (χ1) is 6.31. The summed E-state index contributed by atoms with van der Waals surface area (Å²) in [5.74, 6) is 0.761. The predicted octanol–water partition coefficient (Wildman–Crippen LogP) is 2.71. The normalized spacial score (nSPS) is 19.4. The van der Waals surface area contributed by atoms with Crippen LogP contribution in [0.3, 0.4) is 0 Å². The van der Waals surface area contributed by atoms with Gasteiger partial charge >= 0.3 is 0 Å². The Labute approximate surface area is 84.6 Å². The highest BCUT2D eigenvalue weighted by Crippen LogP contribution is 2.31. The minimum Gasteiger partial charge on any atom is -0.470 e. The summed E-state index contributed by atoms with van der Waals surface area (Å²) < 4.78 is 6.19. The minimum absolute atomic E-state index is 0.505. The molecule has 0 N–H and O–H groups in total. The molecule has 2 nitrogen and oxygen atoms in total. The third-order valence-corrected chi connectivity index (χ3v) is 2.47. The van der Waals surface area contributed by atoms with Gasteiger partial charge in [-0.25, -0.2) is 0 Å². The van der Waals surface area contributed by atoms with Gasteiger partial charge in [-0.05, 0) is 12.1 Å². The molecule has 0 bridgehead atoms. The van der Waals surface area contributed by atoms with E-state index in [1.54, 1.807) is 0 Å². The van der Waals surface area contributed by atoms with Crippen molar-refractivity contribution in [1.82, 2.24) is 0 Å². The zero-order valence-electron chi connectivity index (χ0n) is 6.70. The summed E-state index contributed by atoms with van der Waals surface area (Å²) in [6.07, 6.45) is 1.40. The maximum atomic E-state index is 8.74. The zero-order valence-corrected chi connectivity index (χ0v) is 8.28. The van der Waals surface area contributed by atoms with Crippen LogP contribution in [0.15, 0.2) is 28.7 Å². The lowest BCUT2D eigenvalue weighted by molar-refractivity contribution is 0.296. The number of ether oxygens (including phenoxy) is 1. The van der Waals surface area contributed by atoms with E-state index in [2.05, 4.69) is 22.0 Å². The standard InChI is InChI=1S/C10H6BrNO/c11-8-5-7-3-1-2-4-9(7)13-10(8)6-12/h1-5,10H. The third-order valence-electron chi connectivity index (χ3n) is 1.82. The highest BCUT2D eigenvalue weighted by molar-refractivity contribution is 9.11. The lowest BCUT2D eigenvalue weighted by atomic mass is 10.1. The highest BCUT2D eigenvalue weighted by Gasteiger charge is 2.19. The van der Waals surface area contributed by atoms with Crippen LogP contribution in [0.5, 0.6) is 5.75 Å². The van der Waals surface area contributed by atoms with Crippen molar-refractivity contribution in [3.05, 3.63) is 34.3 Å². The van der Waals surface area contributed by atoms with Crippen LogP contribution in [-0.2, 0) is 0 Å². The fraction of sp³-hybridized carbons (Fsp3) is 0.100. The van der Waals surface area contributed by atoms with Crippen molar-refractivity contribution in [1.29, 1.82) is 5.26 Å². The van der Waals surface area contributed by atoms with Gasteiger partial charge in [0.1, 0.15) is 11.8 Å². The number of para-hydroxylation sites is 1. The van der Waals surface area contributed by atoms with Crippen LogP contribution in [0.25, 0.3) is 6.08 Å². The van der Waals surface area contributed by atoms with Crippen LogP contribution < -0.4 is 4.74 Å². The van der Waals surface area contributed by atoms with Gasteiger partial charge in [0.25, 0.3) is 0 Å². The maximum Gasteiger partial charge on any atom is 0.215 e. The Morgan fingerprint density at radius 3 is 2.92 bits per heavy atom. The largest absolute Gasteiger partial charge is 0.470 e. The first kappa shape index (κ1) is 8.33. The first-order valence-electron chi connectivity index (χ1n) is 3.83. The molecule has 1 heterocycles. The van der Waals surface area contributed by atoms with Crippen LogP contribution in [0.4, 0.5) is 0 Å². The molecular weight excluding hydrogens is 230 g/mol. The molecule has 0 spiro atoms. The molecule has 1 atom stereocenters. The second-order valence-corrected chi connectivity index (χ2v) is 3.61. The number of hydrogen-bond donors (Lipinski definition) is 0. The van der Waals surface area contributed by atoms with E-state index in [4.69, 9.17) is 10.00 Å². The Bertz CT molecular complexity index is 406. The Kier molecular flexibility index (Phi) is 2.07. The first-order valence-corrected chi connectivity index (χ1v) is 4.63. The Balaban J connectivity index is 2.48. The van der Waals surface area contributed by atoms with Crippen molar-refractivity contribution >= 4 is 22.0 Å². The number of rotatable bonds is 0. The Hall–Kier alpha value is -1.27. The van der Waals surface area contributed by atoms with Gasteiger partial charge in [-0.1, -0.05) is 34.1 Å². The molecule has 13 heavy (non-hydrogen) atoms. The van der Waals surface area contributed by atoms with E-state index >= 15 is 0 Å². The quantitative estimate of drug-likeness (QED) is 0.693. The van der Waals surface area contributed by atoms with Gasteiger partial charge in [0.05, 0.1) is 4.48 Å². The second-order valence-electron chi connectivity index (χ2n) is 2.69. The van der Waals surface area contributed by atoms with E-state index in [1.165, 1.54) is 0 Å². The predicted molar refractivity (Wildman–Crippen MR) is 53.4 cm³/mol. The molecule has 0 saturated carbocycles. The molecule has 1 unspecified atom stereocenters. The van der Waals surface area contributed by atoms with Crippen LogP contribution >= 0.6 is 15.9 Å². The van der Waals surface area contributed by atoms with Crippen LogP contribution in [-0.4, -0.2) is 6.10 Å². The molecule has 0 amide bonds. The van der Waals surface area contributed by atoms with Crippen LogP contribution in [0.2, 0.25) is 0 Å². The molecule has 0 fully saturated rings. The molecule has 2 rings (SSSR count). The van der Waals surface area contributed by atoms with Gasteiger partial charge in [0.2, 0.25) is 6.10 Å². The number of nitrogens with zero attached hydrogens (tertiary/aromatic N) is 1. The summed E-state index contributed by atoms with van der Waals surface area (Å²) in [5.41, 5.74) is 1.00. The summed E-state index contributed by atoms with van der Waals surface area (Å²) in [5, 5.41) is 8.74. The fourth-order valence-electron chi connectivity index (χ4n) is 1.20. The monoisotopic (exact) mass is 235 g/mol. The van der Waals surface area contributed by atoms with Crippen molar-refractivity contribution in [2.75, 3.05) is 0 Å². The number of nitriles is 1. The zero-order chi connectivity index (χ0) is 9.26. The molecule has 1 aromatic rings. The molecule has 64 valence electrons. The highest BCUT2D eigenvalue weighted by atomic mass is 79.9. The van der Waals surface area contributed by atoms with E-state index in [0.717, 1.165) is 15.8 Å². The number of hydrogen-bond acceptors (Lipinski definition) is 2. The van der Waals surface area contributed by atoms with Crippen LogP contribution in [0, 0.1) is 11.3 Å². The molecule has 0 saturated heterocycles. The van der Waals surface area contributed by atoms with E-state index in [0.29, 0.717) is 0 Å². The molecule has 0 radical (unpaired) electrons. The van der Waals surface area contributed by atoms with Crippen molar-refractivity contribution in [2.45, 2.75) is 6.10 Å². The Morgan fingerprint density at radius 2 is 2.15 bits per heavy atom. The van der Waals surface area contributed by atoms with Crippen molar-refractivity contribution in [3.63, 3.8) is 0 Å². The van der Waals surface area contributed by atoms with Gasteiger partial charge in [-0.3, -0.25) is 0 Å². The van der Waals surface area contributed by atoms with Crippen molar-refractivity contribution < 1.29 is 4.74 Å². The summed E-state index contributed by atoms with van der Waals surface area (Å²) in [6.45, 7) is 0. The van der Waals surface area contributed by atoms with Crippen LogP contribution in [0.1, 0.15) is 5.56 Å².